The topological polar surface area (TPSA) is 90.7 Å². The van der Waals surface area contributed by atoms with Gasteiger partial charge in [-0.05, 0) is 86.6 Å². The van der Waals surface area contributed by atoms with Crippen LogP contribution in [-0.4, -0.2) is 26.6 Å². The first-order chi connectivity index (χ1) is 16.4. The molecule has 0 amide bonds. The third-order valence-electron chi connectivity index (χ3n) is 4.81. The molecule has 4 aromatic rings. The largest absolute Gasteiger partial charge is 0.494 e. The highest BCUT2D eigenvalue weighted by Gasteiger charge is 2.29. The number of oxazole rings is 1. The van der Waals surface area contributed by atoms with Gasteiger partial charge in [-0.1, -0.05) is 15.9 Å². The quantitative estimate of drug-likeness (QED) is 0.259. The van der Waals surface area contributed by atoms with Crippen molar-refractivity contribution in [1.29, 1.82) is 0 Å². The average Bonchev–Trinajstić information content (AvgIpc) is 3.26. The van der Waals surface area contributed by atoms with E-state index in [2.05, 4.69) is 26.2 Å². The van der Waals surface area contributed by atoms with E-state index in [1.807, 2.05) is 13.8 Å². The summed E-state index contributed by atoms with van der Waals surface area (Å²) in [6.45, 7) is 4.91. The van der Waals surface area contributed by atoms with Crippen molar-refractivity contribution in [3.8, 4) is 23.0 Å². The second-order valence-electron chi connectivity index (χ2n) is 7.15. The second kappa shape index (κ2) is 10.3. The standard InChI is InChI=1S/C25H23BrN2O5S/c1-3-31-20-11-5-17(6-12-20)23-28-25(34(29,30)22-15-7-18(26)8-16-22)24(33-23)27-19-9-13-21(14-10-19)32-4-2/h5-16,27H,3-4H2,1-2H3. The number of halogens is 1. The zero-order chi connectivity index (χ0) is 24.1. The van der Waals surface area contributed by atoms with E-state index in [9.17, 15) is 8.42 Å². The van der Waals surface area contributed by atoms with Crippen LogP contribution in [0.25, 0.3) is 11.5 Å². The van der Waals surface area contributed by atoms with Gasteiger partial charge in [0.15, 0.2) is 0 Å². The van der Waals surface area contributed by atoms with E-state index in [0.29, 0.717) is 36.0 Å². The number of hydrogen-bond acceptors (Lipinski definition) is 7. The molecule has 0 aliphatic carbocycles. The minimum atomic E-state index is -3.96. The van der Waals surface area contributed by atoms with Crippen molar-refractivity contribution in [2.75, 3.05) is 18.5 Å². The van der Waals surface area contributed by atoms with Gasteiger partial charge in [-0.2, -0.15) is 4.98 Å². The third kappa shape index (κ3) is 5.26. The van der Waals surface area contributed by atoms with Crippen LogP contribution in [0.1, 0.15) is 13.8 Å². The predicted octanol–water partition coefficient (Wildman–Crippen LogP) is 6.48. The molecule has 176 valence electrons. The van der Waals surface area contributed by atoms with Gasteiger partial charge < -0.3 is 19.2 Å². The summed E-state index contributed by atoms with van der Waals surface area (Å²) in [5.74, 6) is 1.61. The first-order valence-electron chi connectivity index (χ1n) is 10.6. The Labute approximate surface area is 206 Å². The van der Waals surface area contributed by atoms with Crippen molar-refractivity contribution < 1.29 is 22.3 Å². The fraction of sp³-hybridized carbons (Fsp3) is 0.160. The highest BCUT2D eigenvalue weighted by Crippen LogP contribution is 2.35. The molecular formula is C25H23BrN2O5S. The van der Waals surface area contributed by atoms with Gasteiger partial charge in [0.05, 0.1) is 18.1 Å². The molecule has 0 bridgehead atoms. The average molecular weight is 543 g/mol. The van der Waals surface area contributed by atoms with Crippen molar-refractivity contribution >= 4 is 37.3 Å². The molecule has 4 rings (SSSR count). The van der Waals surface area contributed by atoms with Crippen LogP contribution in [0.3, 0.4) is 0 Å². The van der Waals surface area contributed by atoms with Crippen LogP contribution in [-0.2, 0) is 9.84 Å². The Bertz CT molecular complexity index is 1350. The monoisotopic (exact) mass is 542 g/mol. The van der Waals surface area contributed by atoms with Crippen molar-refractivity contribution in [3.63, 3.8) is 0 Å². The van der Waals surface area contributed by atoms with Crippen molar-refractivity contribution in [3.05, 3.63) is 77.3 Å². The second-order valence-corrected chi connectivity index (χ2v) is 9.93. The molecule has 0 spiro atoms. The summed E-state index contributed by atoms with van der Waals surface area (Å²) in [5.41, 5.74) is 1.25. The van der Waals surface area contributed by atoms with Crippen LogP contribution in [0.4, 0.5) is 11.6 Å². The molecule has 0 radical (unpaired) electrons. The van der Waals surface area contributed by atoms with Crippen LogP contribution in [0.5, 0.6) is 11.5 Å². The molecular weight excluding hydrogens is 520 g/mol. The minimum absolute atomic E-state index is 0.0240. The fourth-order valence-corrected chi connectivity index (χ4v) is 4.73. The third-order valence-corrected chi connectivity index (χ3v) is 7.02. The summed E-state index contributed by atoms with van der Waals surface area (Å²) in [6.07, 6.45) is 0. The zero-order valence-corrected chi connectivity index (χ0v) is 21.0. The fourth-order valence-electron chi connectivity index (χ4n) is 3.21. The number of hydrogen-bond donors (Lipinski definition) is 1. The first kappa shape index (κ1) is 23.8. The molecule has 0 aliphatic heterocycles. The van der Waals surface area contributed by atoms with E-state index in [1.54, 1.807) is 60.7 Å². The number of sulfone groups is 1. The summed E-state index contributed by atoms with van der Waals surface area (Å²) >= 11 is 3.33. The van der Waals surface area contributed by atoms with Gasteiger partial charge in [-0.15, -0.1) is 0 Å². The van der Waals surface area contributed by atoms with Crippen LogP contribution >= 0.6 is 15.9 Å². The van der Waals surface area contributed by atoms with E-state index in [1.165, 1.54) is 12.1 Å². The van der Waals surface area contributed by atoms with E-state index >= 15 is 0 Å². The Kier molecular flexibility index (Phi) is 7.23. The van der Waals surface area contributed by atoms with Gasteiger partial charge in [0.1, 0.15) is 11.5 Å². The lowest BCUT2D eigenvalue weighted by molar-refractivity contribution is 0.340. The normalized spacial score (nSPS) is 11.3. The molecule has 1 heterocycles. The Balaban J connectivity index is 1.75. The maximum atomic E-state index is 13.5. The first-order valence-corrected chi connectivity index (χ1v) is 12.9. The number of benzene rings is 3. The highest BCUT2D eigenvalue weighted by atomic mass is 79.9. The lowest BCUT2D eigenvalue weighted by Crippen LogP contribution is -2.05. The molecule has 0 atom stereocenters. The van der Waals surface area contributed by atoms with E-state index in [0.717, 1.165) is 4.47 Å². The number of anilines is 2. The zero-order valence-electron chi connectivity index (χ0n) is 18.6. The smallest absolute Gasteiger partial charge is 0.238 e. The molecule has 0 saturated carbocycles. The van der Waals surface area contributed by atoms with Gasteiger partial charge in [-0.25, -0.2) is 8.42 Å². The maximum Gasteiger partial charge on any atom is 0.238 e. The maximum absolute atomic E-state index is 13.5. The molecule has 0 unspecified atom stereocenters. The number of rotatable bonds is 9. The van der Waals surface area contributed by atoms with Crippen LogP contribution in [0.15, 0.2) is 91.6 Å². The molecule has 0 fully saturated rings. The SMILES string of the molecule is CCOc1ccc(Nc2oc(-c3ccc(OCC)cc3)nc2S(=O)(=O)c2ccc(Br)cc2)cc1. The predicted molar refractivity (Wildman–Crippen MR) is 134 cm³/mol. The Morgan fingerprint density at radius 3 is 1.97 bits per heavy atom. The van der Waals surface area contributed by atoms with Gasteiger partial charge in [0.2, 0.25) is 26.6 Å². The Hall–Kier alpha value is -3.30. The van der Waals surface area contributed by atoms with Crippen molar-refractivity contribution in [2.24, 2.45) is 0 Å². The molecule has 0 saturated heterocycles. The summed E-state index contributed by atoms with van der Waals surface area (Å²) in [5, 5.41) is 2.85. The summed E-state index contributed by atoms with van der Waals surface area (Å²) < 4.78 is 44.6. The number of aromatic nitrogens is 1. The van der Waals surface area contributed by atoms with Gasteiger partial charge in [0.25, 0.3) is 0 Å². The molecule has 7 nitrogen and oxygen atoms in total. The minimum Gasteiger partial charge on any atom is -0.494 e. The van der Waals surface area contributed by atoms with Crippen LogP contribution in [0.2, 0.25) is 0 Å². The molecule has 1 aromatic heterocycles. The highest BCUT2D eigenvalue weighted by molar-refractivity contribution is 9.10. The Morgan fingerprint density at radius 2 is 1.41 bits per heavy atom. The molecule has 1 N–H and O–H groups in total. The van der Waals surface area contributed by atoms with Gasteiger partial charge in [-0.3, -0.25) is 0 Å². The number of ether oxygens (including phenoxy) is 2. The number of nitrogens with zero attached hydrogens (tertiary/aromatic N) is 1. The van der Waals surface area contributed by atoms with Crippen LogP contribution in [0, 0.1) is 0 Å². The summed E-state index contributed by atoms with van der Waals surface area (Å²) in [6, 6.07) is 20.6. The van der Waals surface area contributed by atoms with Crippen molar-refractivity contribution in [2.45, 2.75) is 23.8 Å². The van der Waals surface area contributed by atoms with E-state index in [4.69, 9.17) is 13.9 Å². The Morgan fingerprint density at radius 1 is 0.853 bits per heavy atom. The van der Waals surface area contributed by atoms with E-state index in [-0.39, 0.29) is 21.7 Å². The molecule has 3 aromatic carbocycles. The van der Waals surface area contributed by atoms with Gasteiger partial charge >= 0.3 is 0 Å². The summed E-state index contributed by atoms with van der Waals surface area (Å²) in [4.78, 5) is 4.48. The molecule has 9 heteroatoms. The molecule has 0 aliphatic rings. The van der Waals surface area contributed by atoms with Gasteiger partial charge in [0, 0.05) is 15.7 Å². The molecule has 34 heavy (non-hydrogen) atoms. The number of nitrogens with one attached hydrogen (secondary N) is 1. The lowest BCUT2D eigenvalue weighted by Gasteiger charge is -2.08. The lowest BCUT2D eigenvalue weighted by atomic mass is 10.2. The van der Waals surface area contributed by atoms with Crippen molar-refractivity contribution in [1.82, 2.24) is 4.98 Å². The summed E-state index contributed by atoms with van der Waals surface area (Å²) in [7, 11) is -3.96. The van der Waals surface area contributed by atoms with E-state index < -0.39 is 9.84 Å². The van der Waals surface area contributed by atoms with Crippen LogP contribution < -0.4 is 14.8 Å².